The molecule has 1 saturated carbocycles. The predicted molar refractivity (Wildman–Crippen MR) is 88.0 cm³/mol. The molecule has 0 spiro atoms. The molecule has 2 fully saturated rings. The molecule has 1 amide bonds. The normalized spacial score (nSPS) is 30.8. The Kier molecular flexibility index (Phi) is 3.02. The van der Waals surface area contributed by atoms with Crippen LogP contribution in [0.3, 0.4) is 0 Å². The molecule has 4 atom stereocenters. The van der Waals surface area contributed by atoms with Crippen molar-refractivity contribution in [2.24, 2.45) is 17.8 Å². The van der Waals surface area contributed by atoms with Crippen molar-refractivity contribution >= 4 is 5.91 Å². The van der Waals surface area contributed by atoms with E-state index >= 15 is 0 Å². The van der Waals surface area contributed by atoms with Crippen LogP contribution in [0.1, 0.15) is 31.6 Å². The van der Waals surface area contributed by atoms with Crippen LogP contribution >= 0.6 is 0 Å². The fourth-order valence-corrected chi connectivity index (χ4v) is 4.37. The smallest absolute Gasteiger partial charge is 0.226 e. The molecule has 5 rings (SSSR count). The van der Waals surface area contributed by atoms with Gasteiger partial charge in [-0.2, -0.15) is 0 Å². The molecular weight excluding hydrogens is 302 g/mol. The van der Waals surface area contributed by atoms with Gasteiger partial charge in [-0.05, 0) is 36.8 Å². The van der Waals surface area contributed by atoms with E-state index in [-0.39, 0.29) is 5.92 Å². The molecule has 6 heteroatoms. The van der Waals surface area contributed by atoms with E-state index in [1.807, 2.05) is 12.1 Å². The van der Waals surface area contributed by atoms with Crippen LogP contribution < -0.4 is 0 Å². The molecule has 1 saturated heterocycles. The van der Waals surface area contributed by atoms with Gasteiger partial charge in [0.15, 0.2) is 5.82 Å². The van der Waals surface area contributed by atoms with Crippen LogP contribution in [0.25, 0.3) is 11.4 Å². The Hall–Kier alpha value is -2.24. The highest BCUT2D eigenvalue weighted by Crippen LogP contribution is 2.43. The van der Waals surface area contributed by atoms with Gasteiger partial charge in [-0.1, -0.05) is 6.92 Å². The Labute approximate surface area is 140 Å². The van der Waals surface area contributed by atoms with Gasteiger partial charge < -0.3 is 9.47 Å². The largest absolute Gasteiger partial charge is 0.340 e. The van der Waals surface area contributed by atoms with Crippen LogP contribution in [-0.2, 0) is 11.2 Å². The first-order valence-corrected chi connectivity index (χ1v) is 8.85. The third-order valence-electron chi connectivity index (χ3n) is 5.92. The van der Waals surface area contributed by atoms with E-state index in [0.29, 0.717) is 23.8 Å². The second-order valence-electron chi connectivity index (χ2n) is 7.47. The van der Waals surface area contributed by atoms with Crippen LogP contribution in [0.4, 0.5) is 0 Å². The molecule has 2 aliphatic heterocycles. The summed E-state index contributed by atoms with van der Waals surface area (Å²) in [6.07, 6.45) is 6.68. The lowest BCUT2D eigenvalue weighted by molar-refractivity contribution is -0.132. The molecule has 0 aromatic carbocycles. The number of amides is 1. The van der Waals surface area contributed by atoms with Crippen molar-refractivity contribution in [3.63, 3.8) is 0 Å². The van der Waals surface area contributed by atoms with Crippen molar-refractivity contribution < 1.29 is 4.79 Å². The number of aromatic nitrogens is 4. The van der Waals surface area contributed by atoms with Crippen LogP contribution in [0.5, 0.6) is 0 Å². The van der Waals surface area contributed by atoms with E-state index in [4.69, 9.17) is 0 Å². The molecule has 4 heterocycles. The lowest BCUT2D eigenvalue weighted by Crippen LogP contribution is -2.31. The number of carbonyl (C=O) groups is 1. The highest BCUT2D eigenvalue weighted by atomic mass is 16.2. The number of carbonyl (C=O) groups excluding carboxylic acids is 1. The zero-order valence-electron chi connectivity index (χ0n) is 13.8. The minimum absolute atomic E-state index is 0.269. The van der Waals surface area contributed by atoms with E-state index in [1.54, 1.807) is 12.4 Å². The third kappa shape index (κ3) is 2.08. The van der Waals surface area contributed by atoms with E-state index in [9.17, 15) is 4.79 Å². The molecule has 124 valence electrons. The summed E-state index contributed by atoms with van der Waals surface area (Å²) in [6.45, 7) is 3.86. The quantitative estimate of drug-likeness (QED) is 0.847. The zero-order chi connectivity index (χ0) is 16.3. The van der Waals surface area contributed by atoms with Crippen LogP contribution in [-0.4, -0.2) is 43.6 Å². The molecule has 24 heavy (non-hydrogen) atoms. The summed E-state index contributed by atoms with van der Waals surface area (Å²) in [5.41, 5.74) is 1.05. The van der Waals surface area contributed by atoms with Crippen molar-refractivity contribution in [3.8, 4) is 11.4 Å². The summed E-state index contributed by atoms with van der Waals surface area (Å²) in [6, 6.07) is 4.26. The van der Waals surface area contributed by atoms with E-state index in [2.05, 4.69) is 31.6 Å². The monoisotopic (exact) mass is 323 g/mol. The highest BCUT2D eigenvalue weighted by molar-refractivity contribution is 5.82. The number of pyridine rings is 1. The van der Waals surface area contributed by atoms with Gasteiger partial charge >= 0.3 is 0 Å². The van der Waals surface area contributed by atoms with E-state index in [1.165, 1.54) is 0 Å². The summed E-state index contributed by atoms with van der Waals surface area (Å²) in [5.74, 6) is 3.68. The molecule has 3 aliphatic rings. The number of fused-ring (bicyclic) bond motifs is 3. The first kappa shape index (κ1) is 14.1. The maximum Gasteiger partial charge on any atom is 0.226 e. The number of nitrogens with zero attached hydrogens (tertiary/aromatic N) is 5. The molecule has 2 aromatic heterocycles. The number of hydrogen-bond acceptors (Lipinski definition) is 4. The Bertz CT molecular complexity index is 786. The first-order chi connectivity index (χ1) is 11.7. The SMILES string of the molecule is C[C@@H]1C[C@H]1C(=O)N1C[C@H]2CCc3nnc(-c4ccncc4)n3[C@H]2C1. The van der Waals surface area contributed by atoms with Crippen molar-refractivity contribution in [2.75, 3.05) is 13.1 Å². The Morgan fingerprint density at radius 2 is 2.00 bits per heavy atom. The number of likely N-dealkylation sites (tertiary alicyclic amines) is 1. The van der Waals surface area contributed by atoms with Gasteiger partial charge in [-0.25, -0.2) is 0 Å². The maximum absolute atomic E-state index is 12.6. The van der Waals surface area contributed by atoms with Gasteiger partial charge in [0.2, 0.25) is 5.91 Å². The third-order valence-corrected chi connectivity index (χ3v) is 5.92. The van der Waals surface area contributed by atoms with Crippen molar-refractivity contribution in [1.82, 2.24) is 24.6 Å². The van der Waals surface area contributed by atoms with Crippen LogP contribution in [0, 0.1) is 17.8 Å². The molecule has 0 bridgehead atoms. The number of rotatable bonds is 2. The van der Waals surface area contributed by atoms with Crippen LogP contribution in [0.2, 0.25) is 0 Å². The fourth-order valence-electron chi connectivity index (χ4n) is 4.37. The molecular formula is C18H21N5O. The molecule has 6 nitrogen and oxygen atoms in total. The summed E-state index contributed by atoms with van der Waals surface area (Å²) in [5, 5.41) is 8.85. The van der Waals surface area contributed by atoms with Crippen molar-refractivity contribution in [3.05, 3.63) is 30.4 Å². The maximum atomic E-state index is 12.6. The second kappa shape index (κ2) is 5.13. The zero-order valence-corrected chi connectivity index (χ0v) is 13.8. The average Bonchev–Trinajstić information content (AvgIpc) is 3.02. The number of hydrogen-bond donors (Lipinski definition) is 0. The lowest BCUT2D eigenvalue weighted by atomic mass is 9.93. The molecule has 2 aromatic rings. The van der Waals surface area contributed by atoms with Gasteiger partial charge in [0, 0.05) is 43.4 Å². The Morgan fingerprint density at radius 1 is 1.21 bits per heavy atom. The van der Waals surface area contributed by atoms with Gasteiger partial charge in [0.25, 0.3) is 0 Å². The van der Waals surface area contributed by atoms with Crippen LogP contribution in [0.15, 0.2) is 24.5 Å². The van der Waals surface area contributed by atoms with Gasteiger partial charge in [0.05, 0.1) is 6.04 Å². The molecule has 1 aliphatic carbocycles. The second-order valence-corrected chi connectivity index (χ2v) is 7.47. The predicted octanol–water partition coefficient (Wildman–Crippen LogP) is 1.94. The fraction of sp³-hybridized carbons (Fsp3) is 0.556. The topological polar surface area (TPSA) is 63.9 Å². The van der Waals surface area contributed by atoms with Gasteiger partial charge in [-0.15, -0.1) is 10.2 Å². The summed E-state index contributed by atoms with van der Waals surface area (Å²) in [7, 11) is 0. The Morgan fingerprint density at radius 3 is 2.75 bits per heavy atom. The highest BCUT2D eigenvalue weighted by Gasteiger charge is 2.47. The Balaban J connectivity index is 1.47. The minimum Gasteiger partial charge on any atom is -0.340 e. The summed E-state index contributed by atoms with van der Waals surface area (Å²) < 4.78 is 2.28. The van der Waals surface area contributed by atoms with E-state index in [0.717, 1.165) is 49.6 Å². The first-order valence-electron chi connectivity index (χ1n) is 8.85. The lowest BCUT2D eigenvalue weighted by Gasteiger charge is -2.27. The summed E-state index contributed by atoms with van der Waals surface area (Å²) in [4.78, 5) is 18.8. The summed E-state index contributed by atoms with van der Waals surface area (Å²) >= 11 is 0. The molecule has 0 N–H and O–H groups in total. The van der Waals surface area contributed by atoms with Gasteiger partial charge in [-0.3, -0.25) is 9.78 Å². The molecule has 0 radical (unpaired) electrons. The van der Waals surface area contributed by atoms with Crippen molar-refractivity contribution in [1.29, 1.82) is 0 Å². The molecule has 0 unspecified atom stereocenters. The van der Waals surface area contributed by atoms with E-state index < -0.39 is 0 Å². The number of aryl methyl sites for hydroxylation is 1. The van der Waals surface area contributed by atoms with Crippen molar-refractivity contribution in [2.45, 2.75) is 32.2 Å². The van der Waals surface area contributed by atoms with Gasteiger partial charge in [0.1, 0.15) is 5.82 Å². The minimum atomic E-state index is 0.269. The standard InChI is InChI=1S/C18H21N5O/c1-11-8-14(11)18(24)22-9-13-2-3-16-20-21-17(23(16)15(13)10-22)12-4-6-19-7-5-12/h4-7,11,13-15H,2-3,8-10H2,1H3/t11-,13-,14-,15+/m1/s1. The average molecular weight is 323 g/mol.